The van der Waals surface area contributed by atoms with Gasteiger partial charge in [-0.25, -0.2) is 0 Å². The molecule has 1 atom stereocenters. The highest BCUT2D eigenvalue weighted by Gasteiger charge is 2.12. The Bertz CT molecular complexity index is 111. The minimum absolute atomic E-state index is 0.0563. The second kappa shape index (κ2) is 3.13. The molecule has 0 saturated carbocycles. The van der Waals surface area contributed by atoms with Gasteiger partial charge in [0.25, 0.3) is 0 Å². The predicted molar refractivity (Wildman–Crippen MR) is 40.6 cm³/mol. The molecule has 3 nitrogen and oxygen atoms in total. The summed E-state index contributed by atoms with van der Waals surface area (Å²) in [6.45, 7) is 0. The van der Waals surface area contributed by atoms with E-state index >= 15 is 0 Å². The third-order valence-corrected chi connectivity index (χ3v) is 2.25. The molecule has 6 heteroatoms. The Labute approximate surface area is 58.3 Å². The summed E-state index contributed by atoms with van der Waals surface area (Å²) < 4.78 is 10.5. The van der Waals surface area contributed by atoms with Crippen LogP contribution in [0.3, 0.4) is 0 Å². The van der Waals surface area contributed by atoms with E-state index in [1.54, 1.807) is 0 Å². The number of hydrogen-bond donors (Lipinski definition) is 4. The van der Waals surface area contributed by atoms with Gasteiger partial charge < -0.3 is 15.4 Å². The monoisotopic (exact) mass is 173 g/mol. The number of rotatable bonds is 2. The topological polar surface area (TPSA) is 63.3 Å². The Morgan fingerprint density at radius 3 is 2.12 bits per heavy atom. The molecule has 0 rings (SSSR count). The highest BCUT2D eigenvalue weighted by Crippen LogP contribution is 2.55. The van der Waals surface area contributed by atoms with Gasteiger partial charge in [-0.2, -0.15) is 0 Å². The first-order valence-electron chi connectivity index (χ1n) is 1.90. The SMILES string of the molecule is NC(O)CP(=O)(S)S. The van der Waals surface area contributed by atoms with Gasteiger partial charge in [-0.1, -0.05) is 0 Å². The summed E-state index contributed by atoms with van der Waals surface area (Å²) >= 11 is 7.15. The maximum Gasteiger partial charge on any atom is 0.189 e. The first kappa shape index (κ1) is 8.85. The molecule has 50 valence electrons. The zero-order valence-electron chi connectivity index (χ0n) is 4.06. The summed E-state index contributed by atoms with van der Waals surface area (Å²) in [5.41, 5.74) is 2.16. The fraction of sp³-hybridized carbons (Fsp3) is 1.00. The van der Waals surface area contributed by atoms with E-state index in [1.807, 2.05) is 0 Å². The van der Waals surface area contributed by atoms with Crippen molar-refractivity contribution >= 4 is 30.0 Å². The lowest BCUT2D eigenvalue weighted by molar-refractivity contribution is 0.206. The van der Waals surface area contributed by atoms with Crippen LogP contribution in [0.2, 0.25) is 0 Å². The molecule has 0 aliphatic heterocycles. The standard InChI is InChI=1S/C2H8NO2PS2/c3-2(4)1-6(5,7)8/h2,4H,1,3H2,(H2,5,7,8). The van der Waals surface area contributed by atoms with Crippen LogP contribution in [0.15, 0.2) is 0 Å². The molecule has 0 aliphatic carbocycles. The van der Waals surface area contributed by atoms with Crippen LogP contribution in [-0.2, 0) is 4.57 Å². The Hall–Kier alpha value is 0.850. The van der Waals surface area contributed by atoms with Crippen molar-refractivity contribution in [3.05, 3.63) is 0 Å². The van der Waals surface area contributed by atoms with Gasteiger partial charge in [-0.3, -0.25) is 0 Å². The second-order valence-electron chi connectivity index (χ2n) is 1.41. The molecule has 0 aromatic carbocycles. The van der Waals surface area contributed by atoms with Crippen molar-refractivity contribution in [3.8, 4) is 0 Å². The molecule has 8 heavy (non-hydrogen) atoms. The van der Waals surface area contributed by atoms with Gasteiger partial charge in [-0.15, -0.1) is 24.5 Å². The summed E-state index contributed by atoms with van der Waals surface area (Å²) in [4.78, 5) is 0. The van der Waals surface area contributed by atoms with E-state index in [0.29, 0.717) is 0 Å². The third-order valence-electron chi connectivity index (χ3n) is 0.425. The first-order chi connectivity index (χ1) is 3.42. The van der Waals surface area contributed by atoms with Crippen molar-refractivity contribution in [3.63, 3.8) is 0 Å². The van der Waals surface area contributed by atoms with E-state index in [0.717, 1.165) is 0 Å². The van der Waals surface area contributed by atoms with Crippen molar-refractivity contribution in [2.45, 2.75) is 6.23 Å². The number of aliphatic hydroxyl groups is 1. The largest absolute Gasteiger partial charge is 0.378 e. The zero-order chi connectivity index (χ0) is 6.78. The van der Waals surface area contributed by atoms with Crippen LogP contribution in [-0.4, -0.2) is 17.5 Å². The van der Waals surface area contributed by atoms with Crippen LogP contribution < -0.4 is 5.73 Å². The van der Waals surface area contributed by atoms with Crippen molar-refractivity contribution in [2.24, 2.45) is 5.73 Å². The highest BCUT2D eigenvalue weighted by molar-refractivity contribution is 8.80. The van der Waals surface area contributed by atoms with Gasteiger partial charge >= 0.3 is 0 Å². The number of thiol groups is 2. The minimum Gasteiger partial charge on any atom is -0.378 e. The van der Waals surface area contributed by atoms with Gasteiger partial charge in [-0.05, 0) is 0 Å². The molecule has 0 spiro atoms. The number of nitrogens with two attached hydrogens (primary N) is 1. The van der Waals surface area contributed by atoms with Gasteiger partial charge in [0, 0.05) is 0 Å². The molecule has 0 aromatic heterocycles. The van der Waals surface area contributed by atoms with Crippen LogP contribution in [0.25, 0.3) is 0 Å². The quantitative estimate of drug-likeness (QED) is 0.276. The van der Waals surface area contributed by atoms with Gasteiger partial charge in [0.05, 0.1) is 6.16 Å². The Balaban J connectivity index is 3.56. The molecule has 0 aliphatic rings. The van der Waals surface area contributed by atoms with Crippen molar-refractivity contribution in [2.75, 3.05) is 6.16 Å². The van der Waals surface area contributed by atoms with Gasteiger partial charge in [0.1, 0.15) is 6.23 Å². The molecule has 0 radical (unpaired) electrons. The molecule has 0 bridgehead atoms. The lowest BCUT2D eigenvalue weighted by Crippen LogP contribution is -2.21. The van der Waals surface area contributed by atoms with E-state index in [9.17, 15) is 4.57 Å². The summed E-state index contributed by atoms with van der Waals surface area (Å²) in [7, 11) is 0. The smallest absolute Gasteiger partial charge is 0.189 e. The van der Waals surface area contributed by atoms with Crippen LogP contribution in [0.5, 0.6) is 0 Å². The molecule has 3 N–H and O–H groups in total. The van der Waals surface area contributed by atoms with Crippen LogP contribution in [0.1, 0.15) is 0 Å². The Morgan fingerprint density at radius 2 is 2.12 bits per heavy atom. The fourth-order valence-corrected chi connectivity index (χ4v) is 1.73. The molecule has 0 amide bonds. The van der Waals surface area contributed by atoms with E-state index in [4.69, 9.17) is 10.8 Å². The molecule has 0 fully saturated rings. The van der Waals surface area contributed by atoms with Crippen molar-refractivity contribution < 1.29 is 9.67 Å². The third kappa shape index (κ3) is 6.85. The number of aliphatic hydroxyl groups excluding tert-OH is 1. The predicted octanol–water partition coefficient (Wildman–Crippen LogP) is 0.316. The summed E-state index contributed by atoms with van der Waals surface area (Å²) in [5, 5.41) is 8.40. The fourth-order valence-electron chi connectivity index (χ4n) is 0.244. The Kier molecular flexibility index (Phi) is 3.46. The van der Waals surface area contributed by atoms with Gasteiger partial charge in [0.15, 0.2) is 5.55 Å². The van der Waals surface area contributed by atoms with Crippen molar-refractivity contribution in [1.29, 1.82) is 0 Å². The van der Waals surface area contributed by atoms with Crippen LogP contribution in [0.4, 0.5) is 0 Å². The molecule has 0 heterocycles. The van der Waals surface area contributed by atoms with E-state index in [-0.39, 0.29) is 6.16 Å². The average molecular weight is 173 g/mol. The zero-order valence-corrected chi connectivity index (χ0v) is 6.74. The highest BCUT2D eigenvalue weighted by atomic mass is 33.1. The van der Waals surface area contributed by atoms with Crippen molar-refractivity contribution in [1.82, 2.24) is 0 Å². The Morgan fingerprint density at radius 1 is 1.75 bits per heavy atom. The number of hydrogen-bond acceptors (Lipinski definition) is 3. The molecular weight excluding hydrogens is 165 g/mol. The summed E-state index contributed by atoms with van der Waals surface area (Å²) in [6, 6.07) is 0. The van der Waals surface area contributed by atoms with E-state index in [1.165, 1.54) is 0 Å². The normalized spacial score (nSPS) is 16.0. The maximum atomic E-state index is 10.5. The van der Waals surface area contributed by atoms with E-state index < -0.39 is 11.8 Å². The molecule has 1 unspecified atom stereocenters. The molecule has 0 saturated heterocycles. The molecule has 0 aromatic rings. The van der Waals surface area contributed by atoms with Crippen LogP contribution >= 0.6 is 30.0 Å². The maximum absolute atomic E-state index is 10.5. The molecular formula is C2H8NO2PS2. The average Bonchev–Trinajstić information content (AvgIpc) is 1.21. The summed E-state index contributed by atoms with van der Waals surface area (Å²) in [6.07, 6.45) is -1.13. The van der Waals surface area contributed by atoms with Crippen LogP contribution in [0, 0.1) is 0 Å². The lowest BCUT2D eigenvalue weighted by Gasteiger charge is -2.04. The van der Waals surface area contributed by atoms with Gasteiger partial charge in [0.2, 0.25) is 0 Å². The lowest BCUT2D eigenvalue weighted by atomic mass is 10.7. The minimum atomic E-state index is -2.71. The first-order valence-corrected chi connectivity index (χ1v) is 6.10. The van der Waals surface area contributed by atoms with E-state index in [2.05, 4.69) is 24.5 Å². The second-order valence-corrected chi connectivity index (χ2v) is 7.93. The summed E-state index contributed by atoms with van der Waals surface area (Å²) in [5.74, 6) is 0.